The van der Waals surface area contributed by atoms with E-state index in [1.807, 2.05) is 0 Å². The number of carbonyl (C=O) groups excluding carboxylic acids is 1. The number of carbonyl (C=O) groups is 1. The van der Waals surface area contributed by atoms with Gasteiger partial charge in [0, 0.05) is 31.7 Å². The van der Waals surface area contributed by atoms with Gasteiger partial charge in [0.25, 0.3) is 0 Å². The van der Waals surface area contributed by atoms with Crippen molar-refractivity contribution in [2.45, 2.75) is 50.0 Å². The predicted octanol–water partition coefficient (Wildman–Crippen LogP) is 2.76. The summed E-state index contributed by atoms with van der Waals surface area (Å²) in [6.07, 6.45) is 5.09. The van der Waals surface area contributed by atoms with Crippen LogP contribution >= 0.6 is 12.4 Å². The summed E-state index contributed by atoms with van der Waals surface area (Å²) in [6, 6.07) is 5.27. The molecule has 6 nitrogen and oxygen atoms in total. The Hall–Kier alpha value is -1.15. The minimum atomic E-state index is -3.54. The van der Waals surface area contributed by atoms with Crippen molar-refractivity contribution < 1.29 is 13.2 Å². The molecule has 0 aliphatic heterocycles. The SMILES string of the molecule is Cc1ccc(NC(=O)C2CC3CCCC(C2)C3N)cc1S(=O)(=O)N(C)C.Cl. The number of rotatable bonds is 4. The van der Waals surface area contributed by atoms with Gasteiger partial charge in [0.2, 0.25) is 15.9 Å². The third-order valence-corrected chi connectivity index (χ3v) is 7.96. The summed E-state index contributed by atoms with van der Waals surface area (Å²) in [4.78, 5) is 13.0. The number of nitrogens with two attached hydrogens (primary N) is 1. The van der Waals surface area contributed by atoms with Crippen molar-refractivity contribution >= 4 is 34.0 Å². The third kappa shape index (κ3) is 4.47. The van der Waals surface area contributed by atoms with E-state index in [0.717, 1.165) is 25.7 Å². The molecule has 0 spiro atoms. The van der Waals surface area contributed by atoms with Gasteiger partial charge in [-0.25, -0.2) is 12.7 Å². The van der Waals surface area contributed by atoms with Crippen LogP contribution < -0.4 is 11.1 Å². The number of nitrogens with one attached hydrogen (secondary N) is 1. The van der Waals surface area contributed by atoms with Crippen LogP contribution in [0.25, 0.3) is 0 Å². The van der Waals surface area contributed by atoms with E-state index in [1.54, 1.807) is 25.1 Å². The fourth-order valence-electron chi connectivity index (χ4n) is 4.40. The van der Waals surface area contributed by atoms with Crippen LogP contribution in [0.3, 0.4) is 0 Å². The Balaban J connectivity index is 0.00000261. The normalized spacial score (nSPS) is 27.7. The Morgan fingerprint density at radius 3 is 2.33 bits per heavy atom. The van der Waals surface area contributed by atoms with Crippen molar-refractivity contribution in [3.05, 3.63) is 23.8 Å². The fourth-order valence-corrected chi connectivity index (χ4v) is 5.54. The zero-order chi connectivity index (χ0) is 19.1. The molecule has 0 saturated heterocycles. The smallest absolute Gasteiger partial charge is 0.242 e. The lowest BCUT2D eigenvalue weighted by Gasteiger charge is -2.43. The Bertz CT molecular complexity index is 783. The Morgan fingerprint density at radius 1 is 1.19 bits per heavy atom. The third-order valence-electron chi connectivity index (χ3n) is 6.00. The lowest BCUT2D eigenvalue weighted by Crippen LogP contribution is -2.48. The van der Waals surface area contributed by atoms with Crippen LogP contribution in [0.15, 0.2) is 23.1 Å². The topological polar surface area (TPSA) is 92.5 Å². The van der Waals surface area contributed by atoms with Crippen molar-refractivity contribution in [1.82, 2.24) is 4.31 Å². The van der Waals surface area contributed by atoms with Gasteiger partial charge in [-0.3, -0.25) is 4.79 Å². The van der Waals surface area contributed by atoms with Crippen molar-refractivity contribution in [2.75, 3.05) is 19.4 Å². The van der Waals surface area contributed by atoms with Crippen LogP contribution in [0, 0.1) is 24.7 Å². The maximum atomic E-state index is 12.8. The summed E-state index contributed by atoms with van der Waals surface area (Å²) in [5, 5.41) is 2.93. The number of hydrogen-bond acceptors (Lipinski definition) is 4. The van der Waals surface area contributed by atoms with Crippen LogP contribution in [0.2, 0.25) is 0 Å². The lowest BCUT2D eigenvalue weighted by atomic mass is 9.65. The molecule has 2 aliphatic carbocycles. The van der Waals surface area contributed by atoms with Gasteiger partial charge in [-0.1, -0.05) is 12.5 Å². The first-order valence-corrected chi connectivity index (χ1v) is 10.7. The van der Waals surface area contributed by atoms with Crippen LogP contribution in [0.5, 0.6) is 0 Å². The first kappa shape index (κ1) is 22.1. The van der Waals surface area contributed by atoms with Gasteiger partial charge < -0.3 is 11.1 Å². The number of halogens is 1. The monoisotopic (exact) mass is 415 g/mol. The second-order valence-corrected chi connectivity index (χ2v) is 10.1. The number of benzene rings is 1. The average Bonchev–Trinajstić information content (AvgIpc) is 2.56. The van der Waals surface area contributed by atoms with Gasteiger partial charge in [-0.2, -0.15) is 0 Å². The first-order chi connectivity index (χ1) is 12.2. The Morgan fingerprint density at radius 2 is 1.78 bits per heavy atom. The number of anilines is 1. The van der Waals surface area contributed by atoms with E-state index in [-0.39, 0.29) is 35.2 Å². The molecule has 3 N–H and O–H groups in total. The summed E-state index contributed by atoms with van der Waals surface area (Å²) in [7, 11) is -0.537. The first-order valence-electron chi connectivity index (χ1n) is 9.29. The Labute approximate surface area is 168 Å². The van der Waals surface area contributed by atoms with Crippen molar-refractivity contribution in [1.29, 1.82) is 0 Å². The molecule has 3 rings (SSSR count). The van der Waals surface area contributed by atoms with Gasteiger partial charge in [0.05, 0.1) is 4.90 Å². The van der Waals surface area contributed by atoms with Crippen molar-refractivity contribution in [3.8, 4) is 0 Å². The summed E-state index contributed by atoms with van der Waals surface area (Å²) >= 11 is 0. The second kappa shape index (κ2) is 8.47. The molecule has 27 heavy (non-hydrogen) atoms. The maximum absolute atomic E-state index is 12.8. The number of amides is 1. The highest BCUT2D eigenvalue weighted by molar-refractivity contribution is 7.89. The highest BCUT2D eigenvalue weighted by Crippen LogP contribution is 2.42. The molecule has 152 valence electrons. The average molecular weight is 416 g/mol. The molecule has 0 aromatic heterocycles. The molecule has 2 aliphatic rings. The molecule has 2 bridgehead atoms. The molecule has 0 radical (unpaired) electrons. The highest BCUT2D eigenvalue weighted by atomic mass is 35.5. The minimum Gasteiger partial charge on any atom is -0.327 e. The van der Waals surface area contributed by atoms with Crippen molar-refractivity contribution in [2.24, 2.45) is 23.5 Å². The molecule has 2 saturated carbocycles. The van der Waals surface area contributed by atoms with Gasteiger partial charge in [-0.05, 0) is 62.1 Å². The highest BCUT2D eigenvalue weighted by Gasteiger charge is 2.40. The molecule has 1 amide bonds. The number of nitrogens with zero attached hydrogens (tertiary/aromatic N) is 1. The number of hydrogen-bond donors (Lipinski definition) is 2. The Kier molecular flexibility index (Phi) is 6.95. The molecule has 2 unspecified atom stereocenters. The molecule has 0 heterocycles. The van der Waals surface area contributed by atoms with Gasteiger partial charge in [-0.15, -0.1) is 12.4 Å². The standard InChI is InChI=1S/C19H29N3O3S.ClH/c1-12-7-8-16(11-17(12)26(24,25)22(2)3)21-19(23)15-9-13-5-4-6-14(10-15)18(13)20;/h7-8,11,13-15,18H,4-6,9-10,20H2,1-3H3,(H,21,23);1H. The predicted molar refractivity (Wildman–Crippen MR) is 109 cm³/mol. The summed E-state index contributed by atoms with van der Waals surface area (Å²) < 4.78 is 26.1. The molecular formula is C19H30ClN3O3S. The van der Waals surface area contributed by atoms with E-state index >= 15 is 0 Å². The van der Waals surface area contributed by atoms with Gasteiger partial charge in [0.1, 0.15) is 0 Å². The lowest BCUT2D eigenvalue weighted by molar-refractivity contribution is -0.122. The van der Waals surface area contributed by atoms with Crippen LogP contribution in [-0.4, -0.2) is 38.8 Å². The van der Waals surface area contributed by atoms with Gasteiger partial charge >= 0.3 is 0 Å². The molecular weight excluding hydrogens is 386 g/mol. The zero-order valence-electron chi connectivity index (χ0n) is 16.1. The van der Waals surface area contributed by atoms with E-state index in [0.29, 0.717) is 23.1 Å². The summed E-state index contributed by atoms with van der Waals surface area (Å²) in [5.74, 6) is 0.799. The number of fused-ring (bicyclic) bond motifs is 2. The van der Waals surface area contributed by atoms with E-state index in [2.05, 4.69) is 5.32 Å². The van der Waals surface area contributed by atoms with Crippen LogP contribution in [0.1, 0.15) is 37.7 Å². The summed E-state index contributed by atoms with van der Waals surface area (Å²) in [5.41, 5.74) is 7.50. The fraction of sp³-hybridized carbons (Fsp3) is 0.632. The summed E-state index contributed by atoms with van der Waals surface area (Å²) in [6.45, 7) is 1.76. The quantitative estimate of drug-likeness (QED) is 0.790. The largest absolute Gasteiger partial charge is 0.327 e. The zero-order valence-corrected chi connectivity index (χ0v) is 17.8. The molecule has 2 atom stereocenters. The van der Waals surface area contributed by atoms with E-state index < -0.39 is 10.0 Å². The second-order valence-electron chi connectivity index (χ2n) is 7.95. The van der Waals surface area contributed by atoms with Crippen LogP contribution in [-0.2, 0) is 14.8 Å². The number of aryl methyl sites for hydroxylation is 1. The molecule has 1 aromatic rings. The molecule has 8 heteroatoms. The van der Waals surface area contributed by atoms with E-state index in [4.69, 9.17) is 5.73 Å². The maximum Gasteiger partial charge on any atom is 0.242 e. The minimum absolute atomic E-state index is 0. The molecule has 1 aromatic carbocycles. The molecule has 2 fully saturated rings. The number of sulfonamides is 1. The van der Waals surface area contributed by atoms with Crippen LogP contribution in [0.4, 0.5) is 5.69 Å². The van der Waals surface area contributed by atoms with E-state index in [1.165, 1.54) is 24.8 Å². The van der Waals surface area contributed by atoms with Crippen molar-refractivity contribution in [3.63, 3.8) is 0 Å². The van der Waals surface area contributed by atoms with Gasteiger partial charge in [0.15, 0.2) is 0 Å². The van der Waals surface area contributed by atoms with E-state index in [9.17, 15) is 13.2 Å².